The highest BCUT2D eigenvalue weighted by atomic mass is 16.5. The highest BCUT2D eigenvalue weighted by molar-refractivity contribution is 6.07. The Hall–Kier alpha value is -3.28. The molecule has 0 spiro atoms. The van der Waals surface area contributed by atoms with Crippen molar-refractivity contribution in [1.29, 1.82) is 0 Å². The van der Waals surface area contributed by atoms with Crippen molar-refractivity contribution >= 4 is 22.7 Å². The number of amides is 2. The Morgan fingerprint density at radius 3 is 2.36 bits per heavy atom. The molecule has 28 heavy (non-hydrogen) atoms. The van der Waals surface area contributed by atoms with Gasteiger partial charge in [-0.25, -0.2) is 0 Å². The largest absolute Gasteiger partial charge is 0.481 e. The fourth-order valence-corrected chi connectivity index (χ4v) is 2.84. The number of fused-ring (bicyclic) bond motifs is 1. The molecule has 0 bridgehead atoms. The van der Waals surface area contributed by atoms with E-state index in [1.54, 1.807) is 13.1 Å². The van der Waals surface area contributed by atoms with Crippen LogP contribution in [0.25, 0.3) is 10.9 Å². The van der Waals surface area contributed by atoms with E-state index in [0.717, 1.165) is 10.9 Å². The van der Waals surface area contributed by atoms with Crippen LogP contribution in [-0.4, -0.2) is 22.9 Å². The first-order valence-corrected chi connectivity index (χ1v) is 9.19. The molecule has 1 aromatic heterocycles. The van der Waals surface area contributed by atoms with Crippen LogP contribution in [0.3, 0.4) is 0 Å². The number of hydrogen-bond donors (Lipinski definition) is 3. The van der Waals surface area contributed by atoms with E-state index in [9.17, 15) is 9.59 Å². The Bertz CT molecular complexity index is 984. The maximum Gasteiger partial charge on any atom is 0.279 e. The van der Waals surface area contributed by atoms with E-state index in [0.29, 0.717) is 11.3 Å². The highest BCUT2D eigenvalue weighted by Crippen LogP contribution is 2.24. The van der Waals surface area contributed by atoms with Gasteiger partial charge in [0.1, 0.15) is 5.75 Å². The Kier molecular flexibility index (Phi) is 5.40. The van der Waals surface area contributed by atoms with Crippen molar-refractivity contribution in [3.05, 3.63) is 65.9 Å². The van der Waals surface area contributed by atoms with Gasteiger partial charge in [0.2, 0.25) is 0 Å². The molecule has 1 atom stereocenters. The molecular formula is C22H25N3O3. The number of ether oxygens (including phenoxy) is 1. The summed E-state index contributed by atoms with van der Waals surface area (Å²) in [6.07, 6.45) is 0.854. The third-order valence-corrected chi connectivity index (χ3v) is 4.54. The van der Waals surface area contributed by atoms with Gasteiger partial charge in [0.05, 0.1) is 5.56 Å². The van der Waals surface area contributed by atoms with E-state index in [1.165, 1.54) is 5.56 Å². The van der Waals surface area contributed by atoms with Gasteiger partial charge in [0.15, 0.2) is 6.10 Å². The van der Waals surface area contributed by atoms with Crippen molar-refractivity contribution < 1.29 is 14.3 Å². The molecule has 0 aliphatic heterocycles. The van der Waals surface area contributed by atoms with E-state index in [2.05, 4.69) is 36.6 Å². The van der Waals surface area contributed by atoms with Crippen LogP contribution in [-0.2, 0) is 10.2 Å². The van der Waals surface area contributed by atoms with Crippen LogP contribution in [0.5, 0.6) is 5.75 Å². The Balaban J connectivity index is 1.56. The molecule has 1 heterocycles. The van der Waals surface area contributed by atoms with Crippen molar-refractivity contribution in [2.75, 3.05) is 0 Å². The minimum absolute atomic E-state index is 0.0498. The van der Waals surface area contributed by atoms with Gasteiger partial charge in [-0.1, -0.05) is 51.1 Å². The predicted molar refractivity (Wildman–Crippen MR) is 109 cm³/mol. The number of hydrazine groups is 1. The van der Waals surface area contributed by atoms with Crippen LogP contribution in [0, 0.1) is 0 Å². The van der Waals surface area contributed by atoms with Crippen LogP contribution in [0.2, 0.25) is 0 Å². The number of nitrogens with one attached hydrogen (secondary N) is 3. The first-order chi connectivity index (χ1) is 13.3. The number of hydrogen-bond acceptors (Lipinski definition) is 3. The molecule has 3 N–H and O–H groups in total. The molecule has 2 aromatic carbocycles. The number of rotatable bonds is 4. The predicted octanol–water partition coefficient (Wildman–Crippen LogP) is 3.69. The van der Waals surface area contributed by atoms with Crippen molar-refractivity contribution in [3.8, 4) is 5.75 Å². The molecule has 3 aromatic rings. The van der Waals surface area contributed by atoms with Crippen molar-refractivity contribution in [3.63, 3.8) is 0 Å². The van der Waals surface area contributed by atoms with Crippen LogP contribution in [0.1, 0.15) is 43.6 Å². The summed E-state index contributed by atoms with van der Waals surface area (Å²) in [4.78, 5) is 27.6. The number of aromatic nitrogens is 1. The summed E-state index contributed by atoms with van der Waals surface area (Å²) in [6.45, 7) is 8.03. The second-order valence-corrected chi connectivity index (χ2v) is 7.73. The third kappa shape index (κ3) is 4.34. The van der Waals surface area contributed by atoms with Gasteiger partial charge in [-0.3, -0.25) is 20.4 Å². The minimum Gasteiger partial charge on any atom is -0.481 e. The molecule has 3 rings (SSSR count). The number of H-pyrrole nitrogens is 1. The fraction of sp³-hybridized carbons (Fsp3) is 0.273. The van der Waals surface area contributed by atoms with Gasteiger partial charge in [0.25, 0.3) is 11.8 Å². The second kappa shape index (κ2) is 7.76. The lowest BCUT2D eigenvalue weighted by molar-refractivity contribution is -0.128. The fourth-order valence-electron chi connectivity index (χ4n) is 2.84. The van der Waals surface area contributed by atoms with E-state index >= 15 is 0 Å². The van der Waals surface area contributed by atoms with Gasteiger partial charge >= 0.3 is 0 Å². The quantitative estimate of drug-likeness (QED) is 0.605. The van der Waals surface area contributed by atoms with Crippen LogP contribution in [0.4, 0.5) is 0 Å². The molecule has 0 aliphatic rings. The molecule has 1 unspecified atom stereocenters. The van der Waals surface area contributed by atoms with E-state index < -0.39 is 17.9 Å². The van der Waals surface area contributed by atoms with Gasteiger partial charge in [-0.05, 0) is 36.1 Å². The SMILES string of the molecule is CC(Oc1ccc(C(C)(C)C)cc1)C(=O)NNC(=O)c1c[nH]c2ccccc12. The molecule has 2 amide bonds. The first-order valence-electron chi connectivity index (χ1n) is 9.19. The van der Waals surface area contributed by atoms with Crippen LogP contribution < -0.4 is 15.6 Å². The summed E-state index contributed by atoms with van der Waals surface area (Å²) in [5.74, 6) is -0.237. The summed E-state index contributed by atoms with van der Waals surface area (Å²) in [5.41, 5.74) is 7.40. The number of aromatic amines is 1. The zero-order valence-corrected chi connectivity index (χ0v) is 16.5. The lowest BCUT2D eigenvalue weighted by Gasteiger charge is -2.20. The minimum atomic E-state index is -0.760. The standard InChI is InChI=1S/C22H25N3O3/c1-14(28-16-11-9-15(10-12-16)22(2,3)4)20(26)24-25-21(27)18-13-23-19-8-6-5-7-17(18)19/h5-14,23H,1-4H3,(H,24,26)(H,25,27). The molecule has 6 heteroatoms. The van der Waals surface area contributed by atoms with Gasteiger partial charge < -0.3 is 9.72 Å². The lowest BCUT2D eigenvalue weighted by Crippen LogP contribution is -2.47. The average Bonchev–Trinajstić information content (AvgIpc) is 3.09. The third-order valence-electron chi connectivity index (χ3n) is 4.54. The Morgan fingerprint density at radius 2 is 1.68 bits per heavy atom. The maximum atomic E-state index is 12.3. The van der Waals surface area contributed by atoms with E-state index in [4.69, 9.17) is 4.74 Å². The zero-order chi connectivity index (χ0) is 20.3. The monoisotopic (exact) mass is 379 g/mol. The summed E-state index contributed by atoms with van der Waals surface area (Å²) < 4.78 is 5.67. The van der Waals surface area contributed by atoms with Crippen LogP contribution >= 0.6 is 0 Å². The van der Waals surface area contributed by atoms with Crippen molar-refractivity contribution in [1.82, 2.24) is 15.8 Å². The lowest BCUT2D eigenvalue weighted by atomic mass is 9.87. The Morgan fingerprint density at radius 1 is 1.00 bits per heavy atom. The highest BCUT2D eigenvalue weighted by Gasteiger charge is 2.18. The van der Waals surface area contributed by atoms with Gasteiger partial charge in [-0.2, -0.15) is 0 Å². The molecule has 0 saturated heterocycles. The summed E-state index contributed by atoms with van der Waals surface area (Å²) in [7, 11) is 0. The summed E-state index contributed by atoms with van der Waals surface area (Å²) in [5, 5.41) is 0.789. The smallest absolute Gasteiger partial charge is 0.279 e. The summed E-state index contributed by atoms with van der Waals surface area (Å²) >= 11 is 0. The molecule has 6 nitrogen and oxygen atoms in total. The molecule has 0 aliphatic carbocycles. The molecule has 0 fully saturated rings. The number of carbonyl (C=O) groups excluding carboxylic acids is 2. The molecule has 0 radical (unpaired) electrons. The molecular weight excluding hydrogens is 354 g/mol. The number of carbonyl (C=O) groups is 2. The van der Waals surface area contributed by atoms with E-state index in [1.807, 2.05) is 48.5 Å². The molecule has 0 saturated carbocycles. The molecule has 146 valence electrons. The normalized spacial score (nSPS) is 12.4. The zero-order valence-electron chi connectivity index (χ0n) is 16.5. The van der Waals surface area contributed by atoms with E-state index in [-0.39, 0.29) is 5.41 Å². The van der Waals surface area contributed by atoms with Gasteiger partial charge in [-0.15, -0.1) is 0 Å². The Labute approximate surface area is 164 Å². The average molecular weight is 379 g/mol. The van der Waals surface area contributed by atoms with Crippen LogP contribution in [0.15, 0.2) is 54.7 Å². The second-order valence-electron chi connectivity index (χ2n) is 7.73. The number of para-hydroxylation sites is 1. The maximum absolute atomic E-state index is 12.3. The first kappa shape index (κ1) is 19.5. The van der Waals surface area contributed by atoms with Crippen molar-refractivity contribution in [2.45, 2.75) is 39.2 Å². The van der Waals surface area contributed by atoms with Gasteiger partial charge in [0, 0.05) is 17.1 Å². The number of benzene rings is 2. The van der Waals surface area contributed by atoms with Crippen molar-refractivity contribution in [2.24, 2.45) is 0 Å². The topological polar surface area (TPSA) is 83.2 Å². The summed E-state index contributed by atoms with van der Waals surface area (Å²) in [6, 6.07) is 15.1.